The number of carbonyl (C=O) groups excluding carboxylic acids is 1. The Kier molecular flexibility index (Phi) is 4.48. The van der Waals surface area contributed by atoms with Crippen LogP contribution >= 0.6 is 11.6 Å². The van der Waals surface area contributed by atoms with Crippen LogP contribution in [0.2, 0.25) is 5.02 Å². The van der Waals surface area contributed by atoms with Gasteiger partial charge in [0.25, 0.3) is 0 Å². The smallest absolute Gasteiger partial charge is 0.344 e. The van der Waals surface area contributed by atoms with Gasteiger partial charge in [0.05, 0.1) is 0 Å². The second kappa shape index (κ2) is 6.71. The molecule has 0 radical (unpaired) electrons. The highest BCUT2D eigenvalue weighted by Crippen LogP contribution is 2.31. The summed E-state index contributed by atoms with van der Waals surface area (Å²) in [5.41, 5.74) is 0.563. The first kappa shape index (κ1) is 15.4. The summed E-state index contributed by atoms with van der Waals surface area (Å²) >= 11 is 6.15. The number of carbonyl (C=O) groups is 1. The number of fused-ring (bicyclic) bond motifs is 1. The fourth-order valence-corrected chi connectivity index (χ4v) is 2.41. The summed E-state index contributed by atoms with van der Waals surface area (Å²) in [6.07, 6.45) is 0. The summed E-state index contributed by atoms with van der Waals surface area (Å²) in [5, 5.41) is 6.11. The quantitative estimate of drug-likeness (QED) is 0.663. The number of ether oxygens (including phenoxy) is 2. The van der Waals surface area contributed by atoms with Gasteiger partial charge in [-0.25, -0.2) is 4.79 Å². The van der Waals surface area contributed by atoms with Crippen LogP contribution < -0.4 is 4.74 Å². The molecular formula is C17H14ClNO4. The van der Waals surface area contributed by atoms with Gasteiger partial charge in [-0.2, -0.15) is 0 Å². The molecule has 3 rings (SSSR count). The topological polar surface area (TPSA) is 61.6 Å². The molecule has 0 atom stereocenters. The molecular weight excluding hydrogens is 318 g/mol. The SMILES string of the molecule is Cc1cc(COC(=O)COc2ccc(Cl)c3ccccc23)no1. The lowest BCUT2D eigenvalue weighted by molar-refractivity contribution is -0.147. The molecule has 0 aliphatic rings. The van der Waals surface area contributed by atoms with Crippen molar-refractivity contribution in [2.24, 2.45) is 0 Å². The van der Waals surface area contributed by atoms with Crippen molar-refractivity contribution >= 4 is 28.3 Å². The van der Waals surface area contributed by atoms with Crippen molar-refractivity contribution in [2.75, 3.05) is 6.61 Å². The van der Waals surface area contributed by atoms with E-state index in [0.717, 1.165) is 10.8 Å². The second-order valence-corrected chi connectivity index (χ2v) is 5.38. The van der Waals surface area contributed by atoms with Gasteiger partial charge < -0.3 is 14.0 Å². The van der Waals surface area contributed by atoms with Gasteiger partial charge in [-0.1, -0.05) is 41.0 Å². The summed E-state index contributed by atoms with van der Waals surface area (Å²) in [4.78, 5) is 11.8. The van der Waals surface area contributed by atoms with Crippen LogP contribution in [0.3, 0.4) is 0 Å². The van der Waals surface area contributed by atoms with Gasteiger partial charge in [0.1, 0.15) is 23.8 Å². The first-order valence-corrected chi connectivity index (χ1v) is 7.39. The third kappa shape index (κ3) is 3.63. The maximum absolute atomic E-state index is 11.8. The Balaban J connectivity index is 1.62. The zero-order valence-electron chi connectivity index (χ0n) is 12.4. The van der Waals surface area contributed by atoms with Gasteiger partial charge >= 0.3 is 5.97 Å². The minimum Gasteiger partial charge on any atom is -0.481 e. The normalized spacial score (nSPS) is 10.7. The molecule has 0 aliphatic heterocycles. The highest BCUT2D eigenvalue weighted by atomic mass is 35.5. The van der Waals surface area contributed by atoms with Crippen molar-refractivity contribution < 1.29 is 18.8 Å². The van der Waals surface area contributed by atoms with E-state index < -0.39 is 5.97 Å². The largest absolute Gasteiger partial charge is 0.481 e. The molecule has 1 aromatic heterocycles. The Hall–Kier alpha value is -2.53. The Morgan fingerprint density at radius 1 is 1.22 bits per heavy atom. The first-order chi connectivity index (χ1) is 11.1. The fraction of sp³-hybridized carbons (Fsp3) is 0.176. The highest BCUT2D eigenvalue weighted by Gasteiger charge is 2.10. The molecule has 0 amide bonds. The number of rotatable bonds is 5. The Morgan fingerprint density at radius 2 is 2.00 bits per heavy atom. The molecule has 0 spiro atoms. The number of hydrogen-bond donors (Lipinski definition) is 0. The molecule has 5 nitrogen and oxygen atoms in total. The summed E-state index contributed by atoms with van der Waals surface area (Å²) in [5.74, 6) is 0.767. The minimum atomic E-state index is -0.482. The number of hydrogen-bond acceptors (Lipinski definition) is 5. The van der Waals surface area contributed by atoms with E-state index in [1.165, 1.54) is 0 Å². The van der Waals surface area contributed by atoms with Crippen LogP contribution in [0.15, 0.2) is 47.0 Å². The number of aromatic nitrogens is 1. The van der Waals surface area contributed by atoms with Gasteiger partial charge in [-0.15, -0.1) is 0 Å². The minimum absolute atomic E-state index is 0.0564. The second-order valence-electron chi connectivity index (χ2n) is 4.97. The first-order valence-electron chi connectivity index (χ1n) is 7.01. The lowest BCUT2D eigenvalue weighted by atomic mass is 10.1. The number of benzene rings is 2. The van der Waals surface area contributed by atoms with Gasteiger partial charge in [0.2, 0.25) is 0 Å². The van der Waals surface area contributed by atoms with Crippen LogP contribution in [0, 0.1) is 6.92 Å². The number of halogens is 1. The molecule has 118 valence electrons. The number of aryl methyl sites for hydroxylation is 1. The fourth-order valence-electron chi connectivity index (χ4n) is 2.18. The average molecular weight is 332 g/mol. The summed E-state index contributed by atoms with van der Waals surface area (Å²) < 4.78 is 15.5. The van der Waals surface area contributed by atoms with Crippen LogP contribution in [-0.4, -0.2) is 17.7 Å². The predicted molar refractivity (Wildman–Crippen MR) is 85.5 cm³/mol. The van der Waals surface area contributed by atoms with Gasteiger partial charge in [0, 0.05) is 21.9 Å². The van der Waals surface area contributed by atoms with Crippen LogP contribution in [0.25, 0.3) is 10.8 Å². The monoisotopic (exact) mass is 331 g/mol. The van der Waals surface area contributed by atoms with Gasteiger partial charge in [-0.3, -0.25) is 0 Å². The zero-order chi connectivity index (χ0) is 16.2. The summed E-state index contributed by atoms with van der Waals surface area (Å²) in [6.45, 7) is 1.64. The van der Waals surface area contributed by atoms with Crippen molar-refractivity contribution in [3.63, 3.8) is 0 Å². The van der Waals surface area contributed by atoms with Crippen molar-refractivity contribution in [1.29, 1.82) is 0 Å². The molecule has 0 fully saturated rings. The molecule has 23 heavy (non-hydrogen) atoms. The van der Waals surface area contributed by atoms with E-state index in [-0.39, 0.29) is 13.2 Å². The van der Waals surface area contributed by atoms with Crippen molar-refractivity contribution in [2.45, 2.75) is 13.5 Å². The highest BCUT2D eigenvalue weighted by molar-refractivity contribution is 6.35. The van der Waals surface area contributed by atoms with Crippen LogP contribution in [-0.2, 0) is 16.1 Å². The van der Waals surface area contributed by atoms with Crippen molar-refractivity contribution in [3.05, 3.63) is 58.9 Å². The van der Waals surface area contributed by atoms with E-state index >= 15 is 0 Å². The van der Waals surface area contributed by atoms with Gasteiger partial charge in [-0.05, 0) is 19.1 Å². The molecule has 2 aromatic carbocycles. The molecule has 6 heteroatoms. The molecule has 1 heterocycles. The standard InChI is InChI=1S/C17H14ClNO4/c1-11-8-12(19-23-11)9-22-17(20)10-21-16-7-6-15(18)13-4-2-3-5-14(13)16/h2-8H,9-10H2,1H3. The van der Waals surface area contributed by atoms with Crippen molar-refractivity contribution in [3.8, 4) is 5.75 Å². The molecule has 0 unspecified atom stereocenters. The van der Waals surface area contributed by atoms with Crippen LogP contribution in [0.1, 0.15) is 11.5 Å². The molecule has 0 bridgehead atoms. The molecule has 3 aromatic rings. The Labute approximate surface area is 137 Å². The van der Waals surface area contributed by atoms with Crippen LogP contribution in [0.4, 0.5) is 0 Å². The van der Waals surface area contributed by atoms with E-state index in [1.54, 1.807) is 25.1 Å². The lowest BCUT2D eigenvalue weighted by Crippen LogP contribution is -2.15. The third-order valence-electron chi connectivity index (χ3n) is 3.23. The number of nitrogens with zero attached hydrogens (tertiary/aromatic N) is 1. The van der Waals surface area contributed by atoms with Gasteiger partial charge in [0.15, 0.2) is 6.61 Å². The van der Waals surface area contributed by atoms with Crippen LogP contribution in [0.5, 0.6) is 5.75 Å². The maximum Gasteiger partial charge on any atom is 0.344 e. The number of esters is 1. The van der Waals surface area contributed by atoms with Crippen molar-refractivity contribution in [1.82, 2.24) is 5.16 Å². The summed E-state index contributed by atoms with van der Waals surface area (Å²) in [7, 11) is 0. The van der Waals surface area contributed by atoms with E-state index in [1.807, 2.05) is 24.3 Å². The Bertz CT molecular complexity index is 843. The molecule has 0 aliphatic carbocycles. The zero-order valence-corrected chi connectivity index (χ0v) is 13.2. The van der Waals surface area contributed by atoms with E-state index in [4.69, 9.17) is 25.6 Å². The third-order valence-corrected chi connectivity index (χ3v) is 3.56. The summed E-state index contributed by atoms with van der Waals surface area (Å²) in [6, 6.07) is 12.8. The van der Waals surface area contributed by atoms with E-state index in [9.17, 15) is 4.79 Å². The molecule has 0 saturated heterocycles. The van der Waals surface area contributed by atoms with E-state index in [2.05, 4.69) is 5.16 Å². The average Bonchev–Trinajstić information content (AvgIpc) is 2.98. The molecule has 0 saturated carbocycles. The maximum atomic E-state index is 11.8. The van der Waals surface area contributed by atoms with E-state index in [0.29, 0.717) is 22.2 Å². The lowest BCUT2D eigenvalue weighted by Gasteiger charge is -2.10. The molecule has 0 N–H and O–H groups in total. The Morgan fingerprint density at radius 3 is 2.74 bits per heavy atom. The predicted octanol–water partition coefficient (Wildman–Crippen LogP) is 3.91.